The van der Waals surface area contributed by atoms with E-state index in [0.717, 1.165) is 25.7 Å². The molecule has 1 aliphatic heterocycles. The predicted molar refractivity (Wildman–Crippen MR) is 49.7 cm³/mol. The number of aliphatic hydroxyl groups excluding tert-OH is 2. The highest BCUT2D eigenvalue weighted by molar-refractivity contribution is 4.87. The molecule has 4 nitrogen and oxygen atoms in total. The van der Waals surface area contributed by atoms with E-state index in [0.29, 0.717) is 0 Å². The van der Waals surface area contributed by atoms with Gasteiger partial charge in [0.05, 0.1) is 13.2 Å². The van der Waals surface area contributed by atoms with Crippen molar-refractivity contribution in [1.82, 2.24) is 0 Å². The van der Waals surface area contributed by atoms with E-state index in [1.54, 1.807) is 0 Å². The Kier molecular flexibility index (Phi) is 3.07. The standard InChI is InChI=1S/C10H18O4/c11-6-8-9(7-12)14-10(13-8)4-2-1-3-5-10/h8-9,11-12H,1-7H2. The van der Waals surface area contributed by atoms with Crippen LogP contribution < -0.4 is 0 Å². The third-order valence-electron chi connectivity index (χ3n) is 3.12. The maximum absolute atomic E-state index is 9.07. The van der Waals surface area contributed by atoms with Crippen LogP contribution in [-0.2, 0) is 9.47 Å². The van der Waals surface area contributed by atoms with Crippen molar-refractivity contribution in [2.45, 2.75) is 50.1 Å². The zero-order chi connectivity index (χ0) is 10.0. The van der Waals surface area contributed by atoms with Crippen molar-refractivity contribution in [1.29, 1.82) is 0 Å². The Morgan fingerprint density at radius 1 is 0.929 bits per heavy atom. The molecular weight excluding hydrogens is 184 g/mol. The smallest absolute Gasteiger partial charge is 0.169 e. The van der Waals surface area contributed by atoms with Crippen molar-refractivity contribution >= 4 is 0 Å². The Hall–Kier alpha value is -0.160. The quantitative estimate of drug-likeness (QED) is 0.681. The molecule has 1 heterocycles. The first-order valence-corrected chi connectivity index (χ1v) is 5.37. The van der Waals surface area contributed by atoms with Crippen molar-refractivity contribution < 1.29 is 19.7 Å². The van der Waals surface area contributed by atoms with Gasteiger partial charge in [-0.1, -0.05) is 6.42 Å². The molecule has 1 saturated carbocycles. The van der Waals surface area contributed by atoms with Gasteiger partial charge in [0, 0.05) is 12.8 Å². The maximum atomic E-state index is 9.07. The van der Waals surface area contributed by atoms with Crippen LogP contribution in [-0.4, -0.2) is 41.4 Å². The van der Waals surface area contributed by atoms with E-state index in [9.17, 15) is 0 Å². The maximum Gasteiger partial charge on any atom is 0.169 e. The molecule has 14 heavy (non-hydrogen) atoms. The summed E-state index contributed by atoms with van der Waals surface area (Å²) < 4.78 is 11.4. The molecule has 4 heteroatoms. The minimum absolute atomic E-state index is 0.0764. The molecule has 2 N–H and O–H groups in total. The lowest BCUT2D eigenvalue weighted by Gasteiger charge is -2.31. The van der Waals surface area contributed by atoms with E-state index in [1.807, 2.05) is 0 Å². The lowest BCUT2D eigenvalue weighted by Crippen LogP contribution is -2.33. The lowest BCUT2D eigenvalue weighted by atomic mass is 9.94. The van der Waals surface area contributed by atoms with E-state index >= 15 is 0 Å². The van der Waals surface area contributed by atoms with Crippen molar-refractivity contribution in [3.8, 4) is 0 Å². The SMILES string of the molecule is OCC1OC2(CCCCC2)OC1CO. The minimum atomic E-state index is -0.501. The molecule has 1 saturated heterocycles. The van der Waals surface area contributed by atoms with E-state index in [2.05, 4.69) is 0 Å². The molecule has 0 amide bonds. The summed E-state index contributed by atoms with van der Waals surface area (Å²) in [6, 6.07) is 0. The second-order valence-corrected chi connectivity index (χ2v) is 4.15. The highest BCUT2D eigenvalue weighted by Gasteiger charge is 2.47. The summed E-state index contributed by atoms with van der Waals surface area (Å²) in [5.41, 5.74) is 0. The van der Waals surface area contributed by atoms with Crippen molar-refractivity contribution in [2.24, 2.45) is 0 Å². The van der Waals surface area contributed by atoms with Crippen LogP contribution in [0, 0.1) is 0 Å². The van der Waals surface area contributed by atoms with Crippen LogP contribution in [0.2, 0.25) is 0 Å². The van der Waals surface area contributed by atoms with Crippen LogP contribution in [0.25, 0.3) is 0 Å². The molecule has 2 rings (SSSR count). The van der Waals surface area contributed by atoms with Crippen molar-refractivity contribution in [2.75, 3.05) is 13.2 Å². The molecule has 0 aromatic carbocycles. The summed E-state index contributed by atoms with van der Waals surface area (Å²) in [5.74, 6) is -0.501. The lowest BCUT2D eigenvalue weighted by molar-refractivity contribution is -0.197. The first-order chi connectivity index (χ1) is 6.79. The van der Waals surface area contributed by atoms with Gasteiger partial charge < -0.3 is 19.7 Å². The van der Waals surface area contributed by atoms with Gasteiger partial charge in [-0.2, -0.15) is 0 Å². The molecule has 2 fully saturated rings. The fourth-order valence-corrected chi connectivity index (χ4v) is 2.37. The molecule has 0 aromatic heterocycles. The highest BCUT2D eigenvalue weighted by Crippen LogP contribution is 2.40. The van der Waals surface area contributed by atoms with Crippen LogP contribution >= 0.6 is 0 Å². The van der Waals surface area contributed by atoms with Crippen molar-refractivity contribution in [3.05, 3.63) is 0 Å². The van der Waals surface area contributed by atoms with Gasteiger partial charge in [-0.3, -0.25) is 0 Å². The fraction of sp³-hybridized carbons (Fsp3) is 1.00. The Balaban J connectivity index is 2.01. The molecule has 1 spiro atoms. The average Bonchev–Trinajstić information content (AvgIpc) is 2.57. The van der Waals surface area contributed by atoms with E-state index in [4.69, 9.17) is 19.7 Å². The second-order valence-electron chi connectivity index (χ2n) is 4.15. The fourth-order valence-electron chi connectivity index (χ4n) is 2.37. The van der Waals surface area contributed by atoms with Crippen LogP contribution in [0.5, 0.6) is 0 Å². The Morgan fingerprint density at radius 2 is 1.43 bits per heavy atom. The minimum Gasteiger partial charge on any atom is -0.394 e. The van der Waals surface area contributed by atoms with Gasteiger partial charge in [0.25, 0.3) is 0 Å². The average molecular weight is 202 g/mol. The van der Waals surface area contributed by atoms with Crippen molar-refractivity contribution in [3.63, 3.8) is 0 Å². The molecular formula is C10H18O4. The predicted octanol–water partition coefficient (Wildman–Crippen LogP) is 0.415. The second kappa shape index (κ2) is 4.14. The molecule has 0 bridgehead atoms. The van der Waals surface area contributed by atoms with E-state index in [1.165, 1.54) is 6.42 Å². The Morgan fingerprint density at radius 3 is 1.86 bits per heavy atom. The molecule has 82 valence electrons. The van der Waals surface area contributed by atoms with Gasteiger partial charge in [0.15, 0.2) is 5.79 Å². The van der Waals surface area contributed by atoms with Gasteiger partial charge in [-0.05, 0) is 12.8 Å². The Labute approximate surface area is 83.8 Å². The number of ether oxygens (including phenoxy) is 2. The third-order valence-corrected chi connectivity index (χ3v) is 3.12. The summed E-state index contributed by atoms with van der Waals surface area (Å²) in [4.78, 5) is 0. The molecule has 2 atom stereocenters. The third kappa shape index (κ3) is 1.80. The van der Waals surface area contributed by atoms with Crippen LogP contribution in [0.3, 0.4) is 0 Å². The summed E-state index contributed by atoms with van der Waals surface area (Å²) in [5, 5.41) is 18.1. The van der Waals surface area contributed by atoms with Gasteiger partial charge in [-0.15, -0.1) is 0 Å². The molecule has 1 aliphatic carbocycles. The summed E-state index contributed by atoms with van der Waals surface area (Å²) in [7, 11) is 0. The number of hydrogen-bond acceptors (Lipinski definition) is 4. The van der Waals surface area contributed by atoms with E-state index < -0.39 is 5.79 Å². The highest BCUT2D eigenvalue weighted by atomic mass is 16.8. The molecule has 2 unspecified atom stereocenters. The van der Waals surface area contributed by atoms with Crippen LogP contribution in [0.1, 0.15) is 32.1 Å². The monoisotopic (exact) mass is 202 g/mol. The topological polar surface area (TPSA) is 58.9 Å². The molecule has 0 aromatic rings. The summed E-state index contributed by atoms with van der Waals surface area (Å²) >= 11 is 0. The summed E-state index contributed by atoms with van der Waals surface area (Å²) in [6.45, 7) is -0.153. The van der Waals surface area contributed by atoms with Crippen LogP contribution in [0.15, 0.2) is 0 Å². The summed E-state index contributed by atoms with van der Waals surface area (Å²) in [6.07, 6.45) is 4.52. The first kappa shape index (κ1) is 10.4. The normalized spacial score (nSPS) is 36.4. The largest absolute Gasteiger partial charge is 0.394 e. The van der Waals surface area contributed by atoms with Gasteiger partial charge >= 0.3 is 0 Å². The van der Waals surface area contributed by atoms with Gasteiger partial charge in [0.1, 0.15) is 12.2 Å². The first-order valence-electron chi connectivity index (χ1n) is 5.37. The number of aliphatic hydroxyl groups is 2. The van der Waals surface area contributed by atoms with Gasteiger partial charge in [-0.25, -0.2) is 0 Å². The van der Waals surface area contributed by atoms with Gasteiger partial charge in [0.2, 0.25) is 0 Å². The Bertz CT molecular complexity index is 175. The molecule has 2 aliphatic rings. The zero-order valence-electron chi connectivity index (χ0n) is 8.32. The zero-order valence-corrected chi connectivity index (χ0v) is 8.32. The number of hydrogen-bond donors (Lipinski definition) is 2. The van der Waals surface area contributed by atoms with E-state index in [-0.39, 0.29) is 25.4 Å². The number of rotatable bonds is 2. The van der Waals surface area contributed by atoms with Crippen LogP contribution in [0.4, 0.5) is 0 Å². The molecule has 0 radical (unpaired) electrons.